The number of likely N-dealkylation sites (N-methyl/N-ethyl adjacent to an activating group) is 1. The van der Waals surface area contributed by atoms with Crippen LogP contribution in [0.2, 0.25) is 0 Å². The first-order valence-corrected chi connectivity index (χ1v) is 5.78. The summed E-state index contributed by atoms with van der Waals surface area (Å²) in [7, 11) is 2.08. The fourth-order valence-electron chi connectivity index (χ4n) is 1.37. The van der Waals surface area contributed by atoms with Crippen molar-refractivity contribution in [2.24, 2.45) is 0 Å². The van der Waals surface area contributed by atoms with Crippen molar-refractivity contribution >= 4 is 11.7 Å². The summed E-state index contributed by atoms with van der Waals surface area (Å²) in [5.74, 6) is -0.893. The lowest BCUT2D eigenvalue weighted by atomic mass is 10.2. The molecule has 0 atom stereocenters. The van der Waals surface area contributed by atoms with Gasteiger partial charge in [-0.2, -0.15) is 0 Å². The summed E-state index contributed by atoms with van der Waals surface area (Å²) in [6.45, 7) is 6.11. The molecule has 0 fully saturated rings. The molecule has 2 N–H and O–H groups in total. The Kier molecular flexibility index (Phi) is 4.97. The molecule has 4 heteroatoms. The number of carbonyl (C=O) groups is 1. The van der Waals surface area contributed by atoms with Gasteiger partial charge in [0.1, 0.15) is 0 Å². The van der Waals surface area contributed by atoms with Gasteiger partial charge >= 0.3 is 5.97 Å². The van der Waals surface area contributed by atoms with Crippen LogP contribution in [0.1, 0.15) is 24.2 Å². The molecule has 1 aromatic rings. The molecule has 0 heterocycles. The quantitative estimate of drug-likeness (QED) is 0.794. The Morgan fingerprint density at radius 2 is 1.94 bits per heavy atom. The molecule has 0 amide bonds. The second-order valence-corrected chi connectivity index (χ2v) is 4.38. The topological polar surface area (TPSA) is 52.6 Å². The van der Waals surface area contributed by atoms with Crippen LogP contribution in [-0.4, -0.2) is 42.2 Å². The Balaban J connectivity index is 2.40. The molecule has 4 nitrogen and oxygen atoms in total. The van der Waals surface area contributed by atoms with Crippen LogP contribution in [-0.2, 0) is 0 Å². The summed E-state index contributed by atoms with van der Waals surface area (Å²) in [5, 5.41) is 12.0. The van der Waals surface area contributed by atoms with Crippen molar-refractivity contribution in [1.82, 2.24) is 4.90 Å². The van der Waals surface area contributed by atoms with E-state index in [1.165, 1.54) is 0 Å². The second kappa shape index (κ2) is 6.25. The predicted octanol–water partition coefficient (Wildman–Crippen LogP) is 2.14. The summed E-state index contributed by atoms with van der Waals surface area (Å²) in [4.78, 5) is 12.9. The average Bonchev–Trinajstić information content (AvgIpc) is 2.29. The SMILES string of the molecule is CC(C)N(C)CCNc1ccc(C(=O)O)cc1. The largest absolute Gasteiger partial charge is 0.478 e. The number of rotatable bonds is 6. The van der Waals surface area contributed by atoms with Gasteiger partial charge in [-0.1, -0.05) is 0 Å². The number of anilines is 1. The van der Waals surface area contributed by atoms with E-state index in [1.807, 2.05) is 0 Å². The van der Waals surface area contributed by atoms with E-state index in [1.54, 1.807) is 24.3 Å². The zero-order chi connectivity index (χ0) is 12.8. The van der Waals surface area contributed by atoms with Gasteiger partial charge in [0.25, 0.3) is 0 Å². The van der Waals surface area contributed by atoms with E-state index < -0.39 is 5.97 Å². The maximum atomic E-state index is 10.7. The summed E-state index contributed by atoms with van der Waals surface area (Å²) in [6.07, 6.45) is 0. The second-order valence-electron chi connectivity index (χ2n) is 4.38. The maximum absolute atomic E-state index is 10.7. The van der Waals surface area contributed by atoms with Gasteiger partial charge in [-0.3, -0.25) is 0 Å². The Morgan fingerprint density at radius 3 is 2.41 bits per heavy atom. The number of aromatic carboxylic acids is 1. The van der Waals surface area contributed by atoms with Gasteiger partial charge in [0.2, 0.25) is 0 Å². The van der Waals surface area contributed by atoms with Crippen LogP contribution in [0.5, 0.6) is 0 Å². The van der Waals surface area contributed by atoms with Crippen molar-refractivity contribution in [3.05, 3.63) is 29.8 Å². The minimum absolute atomic E-state index is 0.315. The van der Waals surface area contributed by atoms with Crippen molar-refractivity contribution in [2.75, 3.05) is 25.5 Å². The predicted molar refractivity (Wildman–Crippen MR) is 69.7 cm³/mol. The van der Waals surface area contributed by atoms with Crippen molar-refractivity contribution in [2.45, 2.75) is 19.9 Å². The zero-order valence-corrected chi connectivity index (χ0v) is 10.6. The Hall–Kier alpha value is -1.55. The monoisotopic (exact) mass is 236 g/mol. The van der Waals surface area contributed by atoms with Gasteiger partial charge in [0.15, 0.2) is 0 Å². The Labute approximate surface area is 102 Å². The first kappa shape index (κ1) is 13.5. The van der Waals surface area contributed by atoms with Gasteiger partial charge in [-0.15, -0.1) is 0 Å². The average molecular weight is 236 g/mol. The van der Waals surface area contributed by atoms with Crippen molar-refractivity contribution in [3.8, 4) is 0 Å². The molecule has 0 aliphatic heterocycles. The van der Waals surface area contributed by atoms with Crippen LogP contribution >= 0.6 is 0 Å². The van der Waals surface area contributed by atoms with E-state index in [4.69, 9.17) is 5.11 Å². The third-order valence-corrected chi connectivity index (χ3v) is 2.81. The van der Waals surface area contributed by atoms with Crippen LogP contribution in [0.4, 0.5) is 5.69 Å². The van der Waals surface area contributed by atoms with Gasteiger partial charge < -0.3 is 15.3 Å². The summed E-state index contributed by atoms with van der Waals surface area (Å²) in [6, 6.07) is 7.33. The van der Waals surface area contributed by atoms with Crippen LogP contribution in [0.3, 0.4) is 0 Å². The number of nitrogens with one attached hydrogen (secondary N) is 1. The van der Waals surface area contributed by atoms with Crippen molar-refractivity contribution in [3.63, 3.8) is 0 Å². The molecule has 0 spiro atoms. The number of carboxylic acid groups (broad SMARTS) is 1. The van der Waals surface area contributed by atoms with E-state index in [0.29, 0.717) is 11.6 Å². The molecule has 1 rings (SSSR count). The lowest BCUT2D eigenvalue weighted by Crippen LogP contribution is -2.31. The Bertz CT molecular complexity index is 360. The van der Waals surface area contributed by atoms with Crippen molar-refractivity contribution in [1.29, 1.82) is 0 Å². The fourth-order valence-corrected chi connectivity index (χ4v) is 1.37. The van der Waals surface area contributed by atoms with E-state index in [2.05, 4.69) is 31.1 Å². The standard InChI is InChI=1S/C13H20N2O2/c1-10(2)15(3)9-8-14-12-6-4-11(5-7-12)13(16)17/h4-7,10,14H,8-9H2,1-3H3,(H,16,17). The highest BCUT2D eigenvalue weighted by Crippen LogP contribution is 2.09. The molecule has 94 valence electrons. The molecule has 0 unspecified atom stereocenters. The van der Waals surface area contributed by atoms with Crippen LogP contribution in [0.15, 0.2) is 24.3 Å². The molecule has 17 heavy (non-hydrogen) atoms. The first-order chi connectivity index (χ1) is 8.00. The summed E-state index contributed by atoms with van der Waals surface area (Å²) < 4.78 is 0. The molecule has 0 radical (unpaired) electrons. The minimum atomic E-state index is -0.893. The molecule has 0 saturated heterocycles. The maximum Gasteiger partial charge on any atom is 0.335 e. The summed E-state index contributed by atoms with van der Waals surface area (Å²) in [5.41, 5.74) is 1.27. The lowest BCUT2D eigenvalue weighted by Gasteiger charge is -2.21. The number of benzene rings is 1. The van der Waals surface area contributed by atoms with E-state index in [0.717, 1.165) is 18.8 Å². The first-order valence-electron chi connectivity index (χ1n) is 5.78. The van der Waals surface area contributed by atoms with E-state index in [9.17, 15) is 4.79 Å². The number of nitrogens with zero attached hydrogens (tertiary/aromatic N) is 1. The van der Waals surface area contributed by atoms with Gasteiger partial charge in [0, 0.05) is 24.8 Å². The number of hydrogen-bond donors (Lipinski definition) is 2. The number of carboxylic acids is 1. The molecule has 0 aliphatic rings. The zero-order valence-electron chi connectivity index (χ0n) is 10.6. The van der Waals surface area contributed by atoms with Gasteiger partial charge in [-0.25, -0.2) is 4.79 Å². The van der Waals surface area contributed by atoms with Crippen LogP contribution in [0.25, 0.3) is 0 Å². The summed E-state index contributed by atoms with van der Waals surface area (Å²) >= 11 is 0. The Morgan fingerprint density at radius 1 is 1.35 bits per heavy atom. The highest BCUT2D eigenvalue weighted by molar-refractivity contribution is 5.87. The van der Waals surface area contributed by atoms with E-state index in [-0.39, 0.29) is 0 Å². The highest BCUT2D eigenvalue weighted by Gasteiger charge is 2.03. The van der Waals surface area contributed by atoms with Crippen LogP contribution < -0.4 is 5.32 Å². The third-order valence-electron chi connectivity index (χ3n) is 2.81. The molecular formula is C13H20N2O2. The normalized spacial score (nSPS) is 10.9. The molecular weight excluding hydrogens is 216 g/mol. The molecule has 0 aliphatic carbocycles. The molecule has 0 bridgehead atoms. The molecule has 0 aromatic heterocycles. The van der Waals surface area contributed by atoms with Crippen LogP contribution in [0, 0.1) is 0 Å². The highest BCUT2D eigenvalue weighted by atomic mass is 16.4. The van der Waals surface area contributed by atoms with Gasteiger partial charge in [0.05, 0.1) is 5.56 Å². The smallest absolute Gasteiger partial charge is 0.335 e. The lowest BCUT2D eigenvalue weighted by molar-refractivity contribution is 0.0697. The van der Waals surface area contributed by atoms with Crippen molar-refractivity contribution < 1.29 is 9.90 Å². The molecule has 0 saturated carbocycles. The minimum Gasteiger partial charge on any atom is -0.478 e. The van der Waals surface area contributed by atoms with E-state index >= 15 is 0 Å². The molecule has 1 aromatic carbocycles. The fraction of sp³-hybridized carbons (Fsp3) is 0.462. The van der Waals surface area contributed by atoms with Gasteiger partial charge in [-0.05, 0) is 45.2 Å². The number of hydrogen-bond acceptors (Lipinski definition) is 3. The third kappa shape index (κ3) is 4.44.